The van der Waals surface area contributed by atoms with Crippen molar-refractivity contribution in [2.45, 2.75) is 40.2 Å². The molecular weight excluding hydrogens is 521 g/mol. The number of rotatable bonds is 12. The highest BCUT2D eigenvalue weighted by Crippen LogP contribution is 2.28. The molecule has 0 radical (unpaired) electrons. The first-order valence-electron chi connectivity index (χ1n) is 11.4. The lowest BCUT2D eigenvalue weighted by molar-refractivity contribution is -0.128. The molecule has 0 aliphatic carbocycles. The standard InChI is InChI=1S/C23H39N5O3.HI/c1-5-24-23(26-18-22(29)28-12-8-9-13-28)25-17-19-10-11-20(21(16-19)30-4)31-15-14-27(6-2)7-3;/h10-11,16H,5-9,12-15,17-18H2,1-4H3,(H2,24,25,26);1H. The lowest BCUT2D eigenvalue weighted by atomic mass is 10.2. The summed E-state index contributed by atoms with van der Waals surface area (Å²) in [5.41, 5.74) is 1.01. The minimum Gasteiger partial charge on any atom is -0.493 e. The normalized spacial score (nSPS) is 13.7. The van der Waals surface area contributed by atoms with Crippen LogP contribution in [0.25, 0.3) is 0 Å². The highest BCUT2D eigenvalue weighted by molar-refractivity contribution is 14.0. The molecule has 9 heteroatoms. The Balaban J connectivity index is 0.00000512. The Morgan fingerprint density at radius 3 is 2.47 bits per heavy atom. The number of carbonyl (C=O) groups excluding carboxylic acids is 1. The summed E-state index contributed by atoms with van der Waals surface area (Å²) in [6.45, 7) is 13.0. The van der Waals surface area contributed by atoms with Crippen LogP contribution in [0.3, 0.4) is 0 Å². The first-order valence-corrected chi connectivity index (χ1v) is 11.4. The average Bonchev–Trinajstić information content (AvgIpc) is 3.34. The fraction of sp³-hybridized carbons (Fsp3) is 0.652. The lowest BCUT2D eigenvalue weighted by Crippen LogP contribution is -2.44. The van der Waals surface area contributed by atoms with Crippen LogP contribution in [0.5, 0.6) is 11.5 Å². The number of nitrogens with one attached hydrogen (secondary N) is 2. The highest BCUT2D eigenvalue weighted by Gasteiger charge is 2.17. The topological polar surface area (TPSA) is 78.4 Å². The van der Waals surface area contributed by atoms with Crippen LogP contribution in [0.2, 0.25) is 0 Å². The number of carbonyl (C=O) groups is 1. The van der Waals surface area contributed by atoms with Crippen LogP contribution in [-0.2, 0) is 11.3 Å². The van der Waals surface area contributed by atoms with E-state index in [-0.39, 0.29) is 36.4 Å². The number of hydrogen-bond acceptors (Lipinski definition) is 5. The molecule has 1 saturated heterocycles. The molecule has 1 amide bonds. The van der Waals surface area contributed by atoms with E-state index in [0.717, 1.165) is 63.4 Å². The summed E-state index contributed by atoms with van der Waals surface area (Å²) in [6, 6.07) is 5.88. The van der Waals surface area contributed by atoms with E-state index in [1.807, 2.05) is 30.0 Å². The van der Waals surface area contributed by atoms with Gasteiger partial charge in [-0.15, -0.1) is 24.0 Å². The zero-order chi connectivity index (χ0) is 22.5. The Bertz CT molecular complexity index is 707. The smallest absolute Gasteiger partial charge is 0.241 e. The number of halogens is 1. The number of aliphatic imine (C=N–C) groups is 1. The predicted octanol–water partition coefficient (Wildman–Crippen LogP) is 2.71. The molecule has 182 valence electrons. The van der Waals surface area contributed by atoms with Gasteiger partial charge in [0.1, 0.15) is 6.61 Å². The van der Waals surface area contributed by atoms with Crippen LogP contribution in [-0.4, -0.2) is 81.2 Å². The summed E-state index contributed by atoms with van der Waals surface area (Å²) >= 11 is 0. The SMILES string of the molecule is CCNC(=NCc1ccc(OCCN(CC)CC)c(OC)c1)NCC(=O)N1CCCC1.I. The van der Waals surface area contributed by atoms with Crippen molar-refractivity contribution in [2.75, 3.05) is 59.5 Å². The van der Waals surface area contributed by atoms with Crippen molar-refractivity contribution < 1.29 is 14.3 Å². The number of guanidine groups is 1. The maximum atomic E-state index is 12.3. The van der Waals surface area contributed by atoms with Gasteiger partial charge in [-0.1, -0.05) is 19.9 Å². The predicted molar refractivity (Wildman–Crippen MR) is 140 cm³/mol. The van der Waals surface area contributed by atoms with Gasteiger partial charge in [0.25, 0.3) is 0 Å². The molecule has 0 aromatic heterocycles. The van der Waals surface area contributed by atoms with Crippen molar-refractivity contribution >= 4 is 35.8 Å². The highest BCUT2D eigenvalue weighted by atomic mass is 127. The van der Waals surface area contributed by atoms with E-state index < -0.39 is 0 Å². The van der Waals surface area contributed by atoms with Crippen molar-refractivity contribution in [1.82, 2.24) is 20.4 Å². The van der Waals surface area contributed by atoms with E-state index in [2.05, 4.69) is 34.4 Å². The Morgan fingerprint density at radius 1 is 1.12 bits per heavy atom. The molecule has 0 unspecified atom stereocenters. The van der Waals surface area contributed by atoms with Crippen LogP contribution in [0.15, 0.2) is 23.2 Å². The van der Waals surface area contributed by atoms with Gasteiger partial charge in [0.15, 0.2) is 17.5 Å². The third-order valence-electron chi connectivity index (χ3n) is 5.42. The second-order valence-electron chi connectivity index (χ2n) is 7.50. The number of amides is 1. The van der Waals surface area contributed by atoms with E-state index in [1.54, 1.807) is 7.11 Å². The first-order chi connectivity index (χ1) is 15.1. The van der Waals surface area contributed by atoms with E-state index in [9.17, 15) is 4.79 Å². The van der Waals surface area contributed by atoms with E-state index in [1.165, 1.54) is 0 Å². The number of ether oxygens (including phenoxy) is 2. The number of likely N-dealkylation sites (N-methyl/N-ethyl adjacent to an activating group) is 1. The quantitative estimate of drug-likeness (QED) is 0.232. The lowest BCUT2D eigenvalue weighted by Gasteiger charge is -2.19. The molecule has 1 aliphatic heterocycles. The van der Waals surface area contributed by atoms with Crippen LogP contribution in [0.4, 0.5) is 0 Å². The summed E-state index contributed by atoms with van der Waals surface area (Å²) in [6.07, 6.45) is 2.19. The fourth-order valence-electron chi connectivity index (χ4n) is 3.50. The number of nitrogens with zero attached hydrogens (tertiary/aromatic N) is 3. The Labute approximate surface area is 210 Å². The van der Waals surface area contributed by atoms with Crippen molar-refractivity contribution in [1.29, 1.82) is 0 Å². The molecule has 2 N–H and O–H groups in total. The van der Waals surface area contributed by atoms with Gasteiger partial charge in [-0.25, -0.2) is 4.99 Å². The molecule has 0 spiro atoms. The third kappa shape index (κ3) is 9.40. The second-order valence-corrected chi connectivity index (χ2v) is 7.50. The van der Waals surface area contributed by atoms with Gasteiger partial charge in [0.05, 0.1) is 20.2 Å². The Kier molecular flexibility index (Phi) is 14.1. The molecule has 2 rings (SSSR count). The van der Waals surface area contributed by atoms with Crippen LogP contribution >= 0.6 is 24.0 Å². The summed E-state index contributed by atoms with van der Waals surface area (Å²) in [5.74, 6) is 2.20. The number of methoxy groups -OCH3 is 1. The van der Waals surface area contributed by atoms with Crippen molar-refractivity contribution in [3.05, 3.63) is 23.8 Å². The van der Waals surface area contributed by atoms with Gasteiger partial charge >= 0.3 is 0 Å². The fourth-order valence-corrected chi connectivity index (χ4v) is 3.50. The Morgan fingerprint density at radius 2 is 1.84 bits per heavy atom. The van der Waals surface area contributed by atoms with Crippen LogP contribution in [0, 0.1) is 0 Å². The molecule has 1 fully saturated rings. The minimum atomic E-state index is 0. The van der Waals surface area contributed by atoms with Crippen molar-refractivity contribution in [2.24, 2.45) is 4.99 Å². The monoisotopic (exact) mass is 561 g/mol. The van der Waals surface area contributed by atoms with Gasteiger partial charge in [0, 0.05) is 26.2 Å². The average molecular weight is 562 g/mol. The van der Waals surface area contributed by atoms with E-state index in [0.29, 0.717) is 24.9 Å². The maximum Gasteiger partial charge on any atom is 0.241 e. The molecule has 32 heavy (non-hydrogen) atoms. The second kappa shape index (κ2) is 16.0. The number of benzene rings is 1. The molecule has 8 nitrogen and oxygen atoms in total. The zero-order valence-electron chi connectivity index (χ0n) is 20.0. The molecule has 1 heterocycles. The summed E-state index contributed by atoms with van der Waals surface area (Å²) in [4.78, 5) is 21.1. The Hall–Kier alpha value is -1.75. The largest absolute Gasteiger partial charge is 0.493 e. The molecule has 0 bridgehead atoms. The maximum absolute atomic E-state index is 12.3. The molecule has 0 saturated carbocycles. The van der Waals surface area contributed by atoms with Crippen LogP contribution in [0.1, 0.15) is 39.2 Å². The molecule has 0 atom stereocenters. The summed E-state index contributed by atoms with van der Waals surface area (Å²) < 4.78 is 11.4. The summed E-state index contributed by atoms with van der Waals surface area (Å²) in [5, 5.41) is 6.34. The van der Waals surface area contributed by atoms with E-state index >= 15 is 0 Å². The molecule has 1 aromatic rings. The van der Waals surface area contributed by atoms with Crippen molar-refractivity contribution in [3.8, 4) is 11.5 Å². The summed E-state index contributed by atoms with van der Waals surface area (Å²) in [7, 11) is 1.65. The van der Waals surface area contributed by atoms with Gasteiger partial charge in [0.2, 0.25) is 5.91 Å². The van der Waals surface area contributed by atoms with Gasteiger partial charge < -0.3 is 29.9 Å². The number of hydrogen-bond donors (Lipinski definition) is 2. The van der Waals surface area contributed by atoms with Crippen molar-refractivity contribution in [3.63, 3.8) is 0 Å². The molecular formula is C23H40IN5O3. The van der Waals surface area contributed by atoms with Crippen LogP contribution < -0.4 is 20.1 Å². The number of likely N-dealkylation sites (tertiary alicyclic amines) is 1. The first kappa shape index (κ1) is 28.3. The van der Waals surface area contributed by atoms with Gasteiger partial charge in [-0.2, -0.15) is 0 Å². The van der Waals surface area contributed by atoms with Gasteiger partial charge in [-0.3, -0.25) is 4.79 Å². The minimum absolute atomic E-state index is 0. The van der Waals surface area contributed by atoms with E-state index in [4.69, 9.17) is 9.47 Å². The third-order valence-corrected chi connectivity index (χ3v) is 5.42. The molecule has 1 aliphatic rings. The molecule has 1 aromatic carbocycles. The van der Waals surface area contributed by atoms with Gasteiger partial charge in [-0.05, 0) is 50.6 Å². The zero-order valence-corrected chi connectivity index (χ0v) is 22.3.